The monoisotopic (exact) mass is 610 g/mol. The van der Waals surface area contributed by atoms with E-state index < -0.39 is 0 Å². The second kappa shape index (κ2) is 9.12. The molecule has 220 valence electrons. The maximum absolute atomic E-state index is 7.65. The number of hydrogen-bond donors (Lipinski definition) is 0. The number of pyridine rings is 1. The molecule has 5 heterocycles. The minimum absolute atomic E-state index is 0.556. The third-order valence-electron chi connectivity index (χ3n) is 9.88. The molecular weight excluding hydrogens is 589 g/mol. The van der Waals surface area contributed by atoms with Gasteiger partial charge >= 0.3 is 0 Å². The Morgan fingerprint density at radius 1 is 0.562 bits per heavy atom. The minimum atomic E-state index is 0.556. The van der Waals surface area contributed by atoms with E-state index in [2.05, 4.69) is 105 Å². The SMILES string of the molecule is [C-]#[N+]c1cccc(-c2nc(-n3c4ccc5ccccc5c4c4cc5c6ccccc6n6c7ccccc7c(c43)c56)nc3cccnc23)c1. The molecule has 11 aromatic rings. The second-order valence-corrected chi connectivity index (χ2v) is 12.3. The molecule has 0 amide bonds. The van der Waals surface area contributed by atoms with Crippen molar-refractivity contribution in [3.63, 3.8) is 0 Å². The first-order chi connectivity index (χ1) is 23.8. The Balaban J connectivity index is 1.41. The van der Waals surface area contributed by atoms with Gasteiger partial charge in [-0.1, -0.05) is 84.9 Å². The van der Waals surface area contributed by atoms with Gasteiger partial charge in [0.25, 0.3) is 0 Å². The van der Waals surface area contributed by atoms with E-state index in [1.165, 1.54) is 54.3 Å². The fraction of sp³-hybridized carbons (Fsp3) is 0. The molecule has 0 bridgehead atoms. The van der Waals surface area contributed by atoms with Crippen molar-refractivity contribution in [2.24, 2.45) is 0 Å². The first kappa shape index (κ1) is 25.4. The average Bonchev–Trinajstić information content (AvgIpc) is 3.79. The highest BCUT2D eigenvalue weighted by molar-refractivity contribution is 6.36. The Morgan fingerprint density at radius 2 is 1.35 bits per heavy atom. The van der Waals surface area contributed by atoms with Crippen molar-refractivity contribution in [3.8, 4) is 17.2 Å². The zero-order valence-electron chi connectivity index (χ0n) is 25.4. The van der Waals surface area contributed by atoms with Gasteiger partial charge in [-0.05, 0) is 58.8 Å². The molecule has 0 saturated carbocycles. The van der Waals surface area contributed by atoms with E-state index in [0.29, 0.717) is 22.8 Å². The van der Waals surface area contributed by atoms with Crippen molar-refractivity contribution in [3.05, 3.63) is 145 Å². The number of aromatic nitrogens is 5. The average molecular weight is 611 g/mol. The fourth-order valence-electron chi connectivity index (χ4n) is 7.96. The maximum Gasteiger partial charge on any atom is 0.235 e. The standard InChI is InChI=1S/C42H22N6/c1-43-26-12-8-11-25(22-26)38-39-32(16-9-21-44-39)45-42(46-38)48-35-20-19-24-10-2-3-13-27(24)36(35)31-23-30-28-14-4-6-17-33(28)47-34-18-7-5-15-29(34)37(40(30)47)41(31)48/h2-23H. The van der Waals surface area contributed by atoms with Crippen molar-refractivity contribution in [2.45, 2.75) is 0 Å². The molecule has 0 saturated heterocycles. The van der Waals surface area contributed by atoms with Gasteiger partial charge < -0.3 is 4.40 Å². The van der Waals surface area contributed by atoms with Crippen LogP contribution < -0.4 is 0 Å². The molecule has 0 spiro atoms. The normalized spacial score (nSPS) is 12.1. The summed E-state index contributed by atoms with van der Waals surface area (Å²) >= 11 is 0. The van der Waals surface area contributed by atoms with E-state index >= 15 is 0 Å². The predicted octanol–water partition coefficient (Wildman–Crippen LogP) is 10.6. The summed E-state index contributed by atoms with van der Waals surface area (Å²) in [6.07, 6.45) is 1.77. The van der Waals surface area contributed by atoms with E-state index in [0.717, 1.165) is 27.5 Å². The molecule has 0 aliphatic rings. The smallest absolute Gasteiger partial charge is 0.235 e. The lowest BCUT2D eigenvalue weighted by molar-refractivity contribution is 1.01. The van der Waals surface area contributed by atoms with Crippen LogP contribution >= 0.6 is 0 Å². The molecule has 6 heteroatoms. The van der Waals surface area contributed by atoms with Crippen molar-refractivity contribution >= 4 is 87.4 Å². The van der Waals surface area contributed by atoms with Gasteiger partial charge in [0.05, 0.1) is 39.7 Å². The van der Waals surface area contributed by atoms with Crippen LogP contribution in [0, 0.1) is 6.57 Å². The lowest BCUT2D eigenvalue weighted by atomic mass is 10.0. The summed E-state index contributed by atoms with van der Waals surface area (Å²) in [5.74, 6) is 0.566. The Bertz CT molecular complexity index is 3200. The van der Waals surface area contributed by atoms with Crippen LogP contribution in [-0.2, 0) is 0 Å². The van der Waals surface area contributed by atoms with Gasteiger partial charge in [-0.3, -0.25) is 9.55 Å². The van der Waals surface area contributed by atoms with Crippen LogP contribution in [0.15, 0.2) is 134 Å². The van der Waals surface area contributed by atoms with Crippen LogP contribution in [0.4, 0.5) is 5.69 Å². The Hall–Kier alpha value is -6.84. The molecule has 5 aromatic heterocycles. The highest BCUT2D eigenvalue weighted by Crippen LogP contribution is 2.47. The zero-order valence-corrected chi connectivity index (χ0v) is 25.4. The first-order valence-corrected chi connectivity index (χ1v) is 15.9. The van der Waals surface area contributed by atoms with Gasteiger partial charge in [-0.2, -0.15) is 0 Å². The van der Waals surface area contributed by atoms with Crippen molar-refractivity contribution < 1.29 is 0 Å². The Kier molecular flexibility index (Phi) is 4.82. The van der Waals surface area contributed by atoms with Crippen LogP contribution in [-0.4, -0.2) is 23.9 Å². The second-order valence-electron chi connectivity index (χ2n) is 12.3. The molecule has 0 fully saturated rings. The third kappa shape index (κ3) is 3.17. The number of benzene rings is 6. The van der Waals surface area contributed by atoms with E-state index in [4.69, 9.17) is 21.5 Å². The zero-order chi connectivity index (χ0) is 31.5. The molecule has 48 heavy (non-hydrogen) atoms. The van der Waals surface area contributed by atoms with Gasteiger partial charge in [-0.25, -0.2) is 14.8 Å². The van der Waals surface area contributed by atoms with Gasteiger partial charge in [0, 0.05) is 38.5 Å². The van der Waals surface area contributed by atoms with Crippen LogP contribution in [0.2, 0.25) is 0 Å². The van der Waals surface area contributed by atoms with Crippen LogP contribution in [0.5, 0.6) is 0 Å². The summed E-state index contributed by atoms with van der Waals surface area (Å²) in [4.78, 5) is 19.0. The van der Waals surface area contributed by atoms with Crippen LogP contribution in [0.3, 0.4) is 0 Å². The van der Waals surface area contributed by atoms with E-state index in [-0.39, 0.29) is 0 Å². The molecule has 6 nitrogen and oxygen atoms in total. The maximum atomic E-state index is 7.65. The van der Waals surface area contributed by atoms with Gasteiger partial charge in [0.2, 0.25) is 5.95 Å². The molecule has 0 radical (unpaired) electrons. The van der Waals surface area contributed by atoms with Gasteiger partial charge in [-0.15, -0.1) is 0 Å². The van der Waals surface area contributed by atoms with Crippen LogP contribution in [0.25, 0.3) is 104 Å². The lowest BCUT2D eigenvalue weighted by Crippen LogP contribution is -2.04. The molecule has 6 aromatic carbocycles. The number of rotatable bonds is 2. The quantitative estimate of drug-likeness (QED) is 0.183. The first-order valence-electron chi connectivity index (χ1n) is 15.9. The largest absolute Gasteiger partial charge is 0.308 e. The van der Waals surface area contributed by atoms with E-state index in [1.54, 1.807) is 6.20 Å². The summed E-state index contributed by atoms with van der Waals surface area (Å²) in [5, 5.41) is 9.55. The molecule has 11 rings (SSSR count). The van der Waals surface area contributed by atoms with Crippen molar-refractivity contribution in [2.75, 3.05) is 0 Å². The fourth-order valence-corrected chi connectivity index (χ4v) is 7.96. The van der Waals surface area contributed by atoms with E-state index in [9.17, 15) is 0 Å². The summed E-state index contributed by atoms with van der Waals surface area (Å²) in [6, 6.07) is 44.3. The molecule has 0 N–H and O–H groups in total. The third-order valence-corrected chi connectivity index (χ3v) is 9.88. The Labute approximate surface area is 272 Å². The van der Waals surface area contributed by atoms with Crippen molar-refractivity contribution in [1.29, 1.82) is 0 Å². The molecule has 0 aliphatic heterocycles. The van der Waals surface area contributed by atoms with Gasteiger partial charge in [0.1, 0.15) is 11.2 Å². The summed E-state index contributed by atoms with van der Waals surface area (Å²) < 4.78 is 4.67. The highest BCUT2D eigenvalue weighted by atomic mass is 15.2. The summed E-state index contributed by atoms with van der Waals surface area (Å²) in [6.45, 7) is 7.65. The number of para-hydroxylation sites is 2. The Morgan fingerprint density at radius 3 is 2.23 bits per heavy atom. The number of hydrogen-bond acceptors (Lipinski definition) is 3. The molecule has 0 aliphatic carbocycles. The van der Waals surface area contributed by atoms with Crippen molar-refractivity contribution in [1.82, 2.24) is 23.9 Å². The minimum Gasteiger partial charge on any atom is -0.308 e. The molecular formula is C42H22N6. The number of fused-ring (bicyclic) bond motifs is 13. The highest BCUT2D eigenvalue weighted by Gasteiger charge is 2.26. The lowest BCUT2D eigenvalue weighted by Gasteiger charge is -2.12. The molecule has 0 unspecified atom stereocenters. The summed E-state index contributed by atoms with van der Waals surface area (Å²) in [7, 11) is 0. The number of nitrogens with zero attached hydrogens (tertiary/aromatic N) is 6. The summed E-state index contributed by atoms with van der Waals surface area (Å²) in [5.41, 5.74) is 9.22. The van der Waals surface area contributed by atoms with E-state index in [1.807, 2.05) is 36.4 Å². The van der Waals surface area contributed by atoms with Gasteiger partial charge in [0.15, 0.2) is 5.69 Å². The van der Waals surface area contributed by atoms with Crippen LogP contribution in [0.1, 0.15) is 0 Å². The predicted molar refractivity (Wildman–Crippen MR) is 196 cm³/mol. The topological polar surface area (TPSA) is 52.4 Å². The molecule has 0 atom stereocenters.